The van der Waals surface area contributed by atoms with Crippen LogP contribution in [0.5, 0.6) is 0 Å². The van der Waals surface area contributed by atoms with Crippen LogP contribution in [0.2, 0.25) is 0 Å². The lowest BCUT2D eigenvalue weighted by molar-refractivity contribution is -0.152. The molecule has 1 unspecified atom stereocenters. The second-order valence-electron chi connectivity index (χ2n) is 5.11. The molecule has 17 heavy (non-hydrogen) atoms. The molecule has 1 amide bonds. The van der Waals surface area contributed by atoms with Gasteiger partial charge in [-0.2, -0.15) is 0 Å². The van der Waals surface area contributed by atoms with Crippen molar-refractivity contribution in [2.75, 3.05) is 45.9 Å². The number of nitrogens with zero attached hydrogens (tertiary/aromatic N) is 2. The molecule has 2 aliphatic heterocycles. The molecule has 1 atom stereocenters. The lowest BCUT2D eigenvalue weighted by atomic mass is 10.0. The van der Waals surface area contributed by atoms with Gasteiger partial charge in [-0.1, -0.05) is 0 Å². The maximum absolute atomic E-state index is 12.3. The molecule has 0 aromatic carbocycles. The highest BCUT2D eigenvalue weighted by atomic mass is 16.5. The summed E-state index contributed by atoms with van der Waals surface area (Å²) in [5.74, 6) is 0.169. The van der Waals surface area contributed by atoms with Gasteiger partial charge in [0.25, 0.3) is 5.91 Å². The SMILES string of the molecule is CC1(C(=O)N2CCN(CCN)CC2)CCCO1. The van der Waals surface area contributed by atoms with Gasteiger partial charge in [-0.05, 0) is 19.8 Å². The summed E-state index contributed by atoms with van der Waals surface area (Å²) in [5, 5.41) is 0. The maximum Gasteiger partial charge on any atom is 0.254 e. The Bertz CT molecular complexity index is 269. The Morgan fingerprint density at radius 1 is 1.35 bits per heavy atom. The molecule has 2 N–H and O–H groups in total. The molecule has 0 aromatic heterocycles. The Balaban J connectivity index is 1.86. The average molecular weight is 241 g/mol. The summed E-state index contributed by atoms with van der Waals surface area (Å²) in [4.78, 5) is 16.6. The van der Waals surface area contributed by atoms with E-state index >= 15 is 0 Å². The minimum Gasteiger partial charge on any atom is -0.365 e. The minimum absolute atomic E-state index is 0.169. The molecule has 2 saturated heterocycles. The number of nitrogens with two attached hydrogens (primary N) is 1. The van der Waals surface area contributed by atoms with E-state index in [0.29, 0.717) is 6.54 Å². The summed E-state index contributed by atoms with van der Waals surface area (Å²) in [6, 6.07) is 0. The van der Waals surface area contributed by atoms with Crippen LogP contribution in [0.25, 0.3) is 0 Å². The standard InChI is InChI=1S/C12H23N3O2/c1-12(3-2-10-17-12)11(16)15-8-6-14(5-4-13)7-9-15/h2-10,13H2,1H3. The largest absolute Gasteiger partial charge is 0.365 e. The highest BCUT2D eigenvalue weighted by Crippen LogP contribution is 2.27. The first-order valence-electron chi connectivity index (χ1n) is 6.51. The van der Waals surface area contributed by atoms with Gasteiger partial charge >= 0.3 is 0 Å². The van der Waals surface area contributed by atoms with Gasteiger partial charge < -0.3 is 15.4 Å². The third-order valence-corrected chi connectivity index (χ3v) is 3.78. The van der Waals surface area contributed by atoms with Crippen molar-refractivity contribution in [3.8, 4) is 0 Å². The first kappa shape index (κ1) is 12.8. The highest BCUT2D eigenvalue weighted by Gasteiger charge is 2.41. The first-order valence-corrected chi connectivity index (χ1v) is 6.51. The first-order chi connectivity index (χ1) is 8.15. The van der Waals surface area contributed by atoms with Crippen molar-refractivity contribution in [1.29, 1.82) is 0 Å². The number of amides is 1. The molecule has 0 spiro atoms. The molecule has 2 heterocycles. The van der Waals surface area contributed by atoms with Crippen molar-refractivity contribution in [3.05, 3.63) is 0 Å². The topological polar surface area (TPSA) is 58.8 Å². The Kier molecular flexibility index (Phi) is 4.01. The summed E-state index contributed by atoms with van der Waals surface area (Å²) in [6.07, 6.45) is 1.85. The average Bonchev–Trinajstić information content (AvgIpc) is 2.78. The maximum atomic E-state index is 12.3. The molecule has 0 aliphatic carbocycles. The van der Waals surface area contributed by atoms with Gasteiger partial charge in [0, 0.05) is 45.9 Å². The van der Waals surface area contributed by atoms with Crippen LogP contribution in [0.4, 0.5) is 0 Å². The van der Waals surface area contributed by atoms with Crippen molar-refractivity contribution in [2.24, 2.45) is 5.73 Å². The van der Waals surface area contributed by atoms with Crippen LogP contribution < -0.4 is 5.73 Å². The second kappa shape index (κ2) is 5.33. The molecule has 98 valence electrons. The van der Waals surface area contributed by atoms with Crippen LogP contribution >= 0.6 is 0 Å². The molecule has 0 saturated carbocycles. The van der Waals surface area contributed by atoms with Crippen molar-refractivity contribution < 1.29 is 9.53 Å². The Morgan fingerprint density at radius 2 is 2.06 bits per heavy atom. The zero-order valence-electron chi connectivity index (χ0n) is 10.7. The van der Waals surface area contributed by atoms with E-state index in [2.05, 4.69) is 4.90 Å². The zero-order valence-corrected chi connectivity index (χ0v) is 10.7. The zero-order chi connectivity index (χ0) is 12.3. The van der Waals surface area contributed by atoms with Crippen LogP contribution in [0.1, 0.15) is 19.8 Å². The van der Waals surface area contributed by atoms with Crippen molar-refractivity contribution in [2.45, 2.75) is 25.4 Å². The van der Waals surface area contributed by atoms with Gasteiger partial charge in [0.05, 0.1) is 0 Å². The number of hydrogen-bond acceptors (Lipinski definition) is 4. The van der Waals surface area contributed by atoms with Crippen LogP contribution in [-0.2, 0) is 9.53 Å². The van der Waals surface area contributed by atoms with E-state index < -0.39 is 5.60 Å². The number of ether oxygens (including phenoxy) is 1. The fourth-order valence-electron chi connectivity index (χ4n) is 2.64. The normalized spacial score (nSPS) is 30.8. The fourth-order valence-corrected chi connectivity index (χ4v) is 2.64. The smallest absolute Gasteiger partial charge is 0.254 e. The molecule has 5 heteroatoms. The van der Waals surface area contributed by atoms with E-state index in [1.165, 1.54) is 0 Å². The van der Waals surface area contributed by atoms with Gasteiger partial charge in [0.15, 0.2) is 0 Å². The molecule has 2 fully saturated rings. The minimum atomic E-state index is -0.559. The lowest BCUT2D eigenvalue weighted by Crippen LogP contribution is -2.55. The quantitative estimate of drug-likeness (QED) is 0.734. The number of carbonyl (C=O) groups is 1. The van der Waals surface area contributed by atoms with Gasteiger partial charge in [0.1, 0.15) is 5.60 Å². The van der Waals surface area contributed by atoms with E-state index in [-0.39, 0.29) is 5.91 Å². The Hall–Kier alpha value is -0.650. The predicted octanol–water partition coefficient (Wildman–Crippen LogP) is -0.342. The number of piperazine rings is 1. The number of carbonyl (C=O) groups excluding carboxylic acids is 1. The Labute approximate surface area is 103 Å². The second-order valence-corrected chi connectivity index (χ2v) is 5.11. The molecule has 0 aromatic rings. The summed E-state index contributed by atoms with van der Waals surface area (Å²) in [5.41, 5.74) is 4.97. The summed E-state index contributed by atoms with van der Waals surface area (Å²) in [7, 11) is 0. The molecular weight excluding hydrogens is 218 g/mol. The molecular formula is C12H23N3O2. The van der Waals surface area contributed by atoms with E-state index in [0.717, 1.165) is 52.2 Å². The van der Waals surface area contributed by atoms with Gasteiger partial charge in [-0.25, -0.2) is 0 Å². The van der Waals surface area contributed by atoms with Crippen molar-refractivity contribution in [1.82, 2.24) is 9.80 Å². The fraction of sp³-hybridized carbons (Fsp3) is 0.917. The van der Waals surface area contributed by atoms with Gasteiger partial charge in [-0.3, -0.25) is 9.69 Å². The van der Waals surface area contributed by atoms with E-state index in [1.807, 2.05) is 11.8 Å². The van der Waals surface area contributed by atoms with Crippen LogP contribution in [0.15, 0.2) is 0 Å². The molecule has 5 nitrogen and oxygen atoms in total. The number of rotatable bonds is 3. The van der Waals surface area contributed by atoms with E-state index in [9.17, 15) is 4.79 Å². The molecule has 2 aliphatic rings. The molecule has 0 bridgehead atoms. The van der Waals surface area contributed by atoms with E-state index in [1.54, 1.807) is 0 Å². The monoisotopic (exact) mass is 241 g/mol. The van der Waals surface area contributed by atoms with Crippen LogP contribution in [-0.4, -0.2) is 67.2 Å². The molecule has 2 rings (SSSR count). The molecule has 0 radical (unpaired) electrons. The lowest BCUT2D eigenvalue weighted by Gasteiger charge is -2.38. The van der Waals surface area contributed by atoms with E-state index in [4.69, 9.17) is 10.5 Å². The third-order valence-electron chi connectivity index (χ3n) is 3.78. The number of hydrogen-bond donors (Lipinski definition) is 1. The third kappa shape index (κ3) is 2.78. The van der Waals surface area contributed by atoms with Crippen molar-refractivity contribution in [3.63, 3.8) is 0 Å². The predicted molar refractivity (Wildman–Crippen MR) is 65.7 cm³/mol. The Morgan fingerprint density at radius 3 is 2.59 bits per heavy atom. The van der Waals surface area contributed by atoms with Gasteiger partial charge in [0.2, 0.25) is 0 Å². The highest BCUT2D eigenvalue weighted by molar-refractivity contribution is 5.85. The van der Waals surface area contributed by atoms with Crippen molar-refractivity contribution >= 4 is 5.91 Å². The van der Waals surface area contributed by atoms with Crippen LogP contribution in [0.3, 0.4) is 0 Å². The summed E-state index contributed by atoms with van der Waals surface area (Å²) < 4.78 is 5.60. The summed E-state index contributed by atoms with van der Waals surface area (Å²) >= 11 is 0. The summed E-state index contributed by atoms with van der Waals surface area (Å²) in [6.45, 7) is 7.72. The van der Waals surface area contributed by atoms with Gasteiger partial charge in [-0.15, -0.1) is 0 Å². The van der Waals surface area contributed by atoms with Crippen LogP contribution in [0, 0.1) is 0 Å².